The first kappa shape index (κ1) is 21.9. The topological polar surface area (TPSA) is 46.6 Å². The summed E-state index contributed by atoms with van der Waals surface area (Å²) >= 11 is 9.13. The van der Waals surface area contributed by atoms with Crippen molar-refractivity contribution >= 4 is 68.9 Å². The summed E-state index contributed by atoms with van der Waals surface area (Å²) in [6.07, 6.45) is 1.72. The number of benzene rings is 3. The molecule has 156 valence electrons. The molecule has 1 heterocycles. The van der Waals surface area contributed by atoms with E-state index in [-0.39, 0.29) is 11.1 Å². The van der Waals surface area contributed by atoms with Crippen LogP contribution in [0.4, 0.5) is 10.5 Å². The molecule has 2 amide bonds. The van der Waals surface area contributed by atoms with E-state index in [0.717, 1.165) is 37.1 Å². The minimum absolute atomic E-state index is 0.341. The maximum absolute atomic E-state index is 12.8. The van der Waals surface area contributed by atoms with E-state index in [0.29, 0.717) is 22.2 Å². The van der Waals surface area contributed by atoms with Gasteiger partial charge in [0.05, 0.1) is 14.2 Å². The molecule has 1 aliphatic heterocycles. The first-order valence-electron chi connectivity index (χ1n) is 9.42. The van der Waals surface area contributed by atoms with Gasteiger partial charge >= 0.3 is 0 Å². The number of ether oxygens (including phenoxy) is 1. The fourth-order valence-electron chi connectivity index (χ4n) is 3.14. The molecule has 0 radical (unpaired) electrons. The Hall–Kier alpha value is -2.29. The predicted octanol–water partition coefficient (Wildman–Crippen LogP) is 7.07. The van der Waals surface area contributed by atoms with Crippen LogP contribution in [0.3, 0.4) is 0 Å². The van der Waals surface area contributed by atoms with Crippen molar-refractivity contribution in [2.45, 2.75) is 13.5 Å². The van der Waals surface area contributed by atoms with Crippen LogP contribution in [-0.4, -0.2) is 11.1 Å². The number of rotatable bonds is 5. The van der Waals surface area contributed by atoms with Crippen LogP contribution >= 0.6 is 46.0 Å². The zero-order valence-electron chi connectivity index (χ0n) is 16.5. The second-order valence-corrected chi connectivity index (χ2v) is 9.56. The van der Waals surface area contributed by atoms with E-state index in [1.54, 1.807) is 30.3 Å². The highest BCUT2D eigenvalue weighted by Crippen LogP contribution is 2.37. The molecule has 0 atom stereocenters. The molecule has 7 heteroatoms. The van der Waals surface area contributed by atoms with Gasteiger partial charge in [0.15, 0.2) is 0 Å². The molecular weight excluding hydrogens is 545 g/mol. The third-order valence-electron chi connectivity index (χ3n) is 4.59. The van der Waals surface area contributed by atoms with Gasteiger partial charge in [0, 0.05) is 5.02 Å². The van der Waals surface area contributed by atoms with Gasteiger partial charge < -0.3 is 4.74 Å². The van der Waals surface area contributed by atoms with Gasteiger partial charge in [-0.1, -0.05) is 53.6 Å². The Morgan fingerprint density at radius 1 is 1.06 bits per heavy atom. The molecule has 0 unspecified atom stereocenters. The fourth-order valence-corrected chi connectivity index (χ4v) is 4.86. The first-order valence-corrected chi connectivity index (χ1v) is 11.7. The zero-order valence-corrected chi connectivity index (χ0v) is 20.2. The number of amides is 2. The first-order chi connectivity index (χ1) is 14.9. The Kier molecular flexibility index (Phi) is 6.69. The molecule has 0 saturated carbocycles. The summed E-state index contributed by atoms with van der Waals surface area (Å²) in [5.41, 5.74) is 3.59. The summed E-state index contributed by atoms with van der Waals surface area (Å²) in [6.45, 7) is 2.53. The lowest BCUT2D eigenvalue weighted by Crippen LogP contribution is -2.27. The van der Waals surface area contributed by atoms with Crippen LogP contribution in [-0.2, 0) is 11.4 Å². The number of imide groups is 1. The van der Waals surface area contributed by atoms with E-state index in [2.05, 4.69) is 41.6 Å². The summed E-state index contributed by atoms with van der Waals surface area (Å²) < 4.78 is 6.88. The Bertz CT molecular complexity index is 1210. The smallest absolute Gasteiger partial charge is 0.298 e. The average Bonchev–Trinajstić information content (AvgIpc) is 3.00. The van der Waals surface area contributed by atoms with Crippen molar-refractivity contribution in [1.82, 2.24) is 0 Å². The molecular formula is C24H17ClINO3S. The SMILES string of the molecule is Cc1cccc(COc2ccc(/C=C3/SC(=O)N(c4cccc(Cl)c4)C3=O)cc2I)c1. The molecule has 0 aliphatic carbocycles. The molecule has 3 aromatic rings. The number of thioether (sulfide) groups is 1. The standard InChI is InChI=1S/C24H17ClINO3S/c1-15-4-2-5-17(10-15)14-30-21-9-8-16(11-20(21)26)12-22-23(28)27(24(29)31-22)19-7-3-6-18(25)13-19/h2-13H,14H2,1H3/b22-12+. The van der Waals surface area contributed by atoms with Crippen molar-refractivity contribution in [1.29, 1.82) is 0 Å². The van der Waals surface area contributed by atoms with Crippen LogP contribution < -0.4 is 9.64 Å². The maximum atomic E-state index is 12.8. The quantitative estimate of drug-likeness (QED) is 0.247. The molecule has 1 aliphatic rings. The number of anilines is 1. The number of hydrogen-bond donors (Lipinski definition) is 0. The predicted molar refractivity (Wildman–Crippen MR) is 135 cm³/mol. The lowest BCUT2D eigenvalue weighted by molar-refractivity contribution is -0.113. The van der Waals surface area contributed by atoms with Crippen LogP contribution in [0.1, 0.15) is 16.7 Å². The monoisotopic (exact) mass is 561 g/mol. The summed E-state index contributed by atoms with van der Waals surface area (Å²) in [6, 6.07) is 20.6. The molecule has 3 aromatic carbocycles. The third kappa shape index (κ3) is 5.14. The van der Waals surface area contributed by atoms with Crippen molar-refractivity contribution in [3.8, 4) is 5.75 Å². The second-order valence-electron chi connectivity index (χ2n) is 6.96. The van der Waals surface area contributed by atoms with E-state index in [4.69, 9.17) is 16.3 Å². The van der Waals surface area contributed by atoms with E-state index in [1.165, 1.54) is 5.56 Å². The molecule has 31 heavy (non-hydrogen) atoms. The van der Waals surface area contributed by atoms with Crippen molar-refractivity contribution in [2.75, 3.05) is 4.90 Å². The van der Waals surface area contributed by atoms with Crippen molar-refractivity contribution in [3.05, 3.63) is 96.9 Å². The van der Waals surface area contributed by atoms with Crippen molar-refractivity contribution < 1.29 is 14.3 Å². The van der Waals surface area contributed by atoms with Gasteiger partial charge in [-0.25, -0.2) is 4.90 Å². The van der Waals surface area contributed by atoms with Crippen LogP contribution in [0, 0.1) is 10.5 Å². The zero-order chi connectivity index (χ0) is 22.0. The Balaban J connectivity index is 1.50. The minimum Gasteiger partial charge on any atom is -0.488 e. The highest BCUT2D eigenvalue weighted by Gasteiger charge is 2.36. The number of carbonyl (C=O) groups excluding carboxylic acids is 2. The molecule has 0 N–H and O–H groups in total. The van der Waals surface area contributed by atoms with Gasteiger partial charge in [0.1, 0.15) is 12.4 Å². The molecule has 0 aromatic heterocycles. The maximum Gasteiger partial charge on any atom is 0.298 e. The third-order valence-corrected chi connectivity index (χ3v) is 6.54. The van der Waals surface area contributed by atoms with Crippen LogP contribution in [0.5, 0.6) is 5.75 Å². The van der Waals surface area contributed by atoms with Gasteiger partial charge in [0.25, 0.3) is 11.1 Å². The minimum atomic E-state index is -0.355. The van der Waals surface area contributed by atoms with Crippen LogP contribution in [0.15, 0.2) is 71.6 Å². The molecule has 1 saturated heterocycles. The van der Waals surface area contributed by atoms with Crippen molar-refractivity contribution in [3.63, 3.8) is 0 Å². The molecule has 4 rings (SSSR count). The van der Waals surface area contributed by atoms with Gasteiger partial charge in [0.2, 0.25) is 0 Å². The number of aryl methyl sites for hydroxylation is 1. The molecule has 0 bridgehead atoms. The molecule has 1 fully saturated rings. The summed E-state index contributed by atoms with van der Waals surface area (Å²) in [4.78, 5) is 26.8. The van der Waals surface area contributed by atoms with E-state index < -0.39 is 0 Å². The van der Waals surface area contributed by atoms with E-state index in [9.17, 15) is 9.59 Å². The largest absolute Gasteiger partial charge is 0.488 e. The lowest BCUT2D eigenvalue weighted by atomic mass is 10.1. The van der Waals surface area contributed by atoms with E-state index in [1.807, 2.05) is 30.3 Å². The van der Waals surface area contributed by atoms with Crippen LogP contribution in [0.2, 0.25) is 5.02 Å². The fraction of sp³-hybridized carbons (Fsp3) is 0.0833. The highest BCUT2D eigenvalue weighted by molar-refractivity contribution is 14.1. The van der Waals surface area contributed by atoms with Crippen molar-refractivity contribution in [2.24, 2.45) is 0 Å². The van der Waals surface area contributed by atoms with Gasteiger partial charge in [-0.05, 0) is 88.8 Å². The van der Waals surface area contributed by atoms with Crippen LogP contribution in [0.25, 0.3) is 6.08 Å². The van der Waals surface area contributed by atoms with E-state index >= 15 is 0 Å². The van der Waals surface area contributed by atoms with Gasteiger partial charge in [-0.15, -0.1) is 0 Å². The second kappa shape index (κ2) is 9.46. The molecule has 4 nitrogen and oxygen atoms in total. The molecule has 0 spiro atoms. The summed E-state index contributed by atoms with van der Waals surface area (Å²) in [5.74, 6) is 0.415. The summed E-state index contributed by atoms with van der Waals surface area (Å²) in [5, 5.41) is 0.127. The van der Waals surface area contributed by atoms with Gasteiger partial charge in [-0.2, -0.15) is 0 Å². The number of halogens is 2. The lowest BCUT2D eigenvalue weighted by Gasteiger charge is -2.12. The van der Waals surface area contributed by atoms with Gasteiger partial charge in [-0.3, -0.25) is 9.59 Å². The Labute approximate surface area is 203 Å². The normalized spacial score (nSPS) is 15.1. The Morgan fingerprint density at radius 2 is 1.87 bits per heavy atom. The number of hydrogen-bond acceptors (Lipinski definition) is 4. The average molecular weight is 562 g/mol. The summed E-state index contributed by atoms with van der Waals surface area (Å²) in [7, 11) is 0. The number of carbonyl (C=O) groups is 2. The highest BCUT2D eigenvalue weighted by atomic mass is 127. The number of nitrogens with zero attached hydrogens (tertiary/aromatic N) is 1. The Morgan fingerprint density at radius 3 is 2.61 bits per heavy atom.